The van der Waals surface area contributed by atoms with E-state index >= 15 is 0 Å². The zero-order valence-corrected chi connectivity index (χ0v) is 14.4. The van der Waals surface area contributed by atoms with Crippen LogP contribution in [0.1, 0.15) is 25.3 Å². The molecule has 2 atom stereocenters. The van der Waals surface area contributed by atoms with Crippen LogP contribution in [0.25, 0.3) is 0 Å². The van der Waals surface area contributed by atoms with E-state index in [0.717, 1.165) is 17.1 Å². The van der Waals surface area contributed by atoms with Gasteiger partial charge in [0, 0.05) is 25.4 Å². The summed E-state index contributed by atoms with van der Waals surface area (Å²) < 4.78 is 23.2. The number of allylic oxidation sites excluding steroid dienone is 1. The lowest BCUT2D eigenvalue weighted by atomic mass is 10.0. The molecule has 0 aliphatic carbocycles. The summed E-state index contributed by atoms with van der Waals surface area (Å²) in [6.07, 6.45) is 4.50. The maximum absolute atomic E-state index is 12.6. The molecule has 0 heterocycles. The highest BCUT2D eigenvalue weighted by molar-refractivity contribution is 7.61. The largest absolute Gasteiger partial charge is 0.497 e. The Hall–Kier alpha value is -1.25. The third-order valence-corrected chi connectivity index (χ3v) is 5.47. The molecule has 118 valence electrons. The minimum atomic E-state index is -2.38. The molecule has 0 aliphatic heterocycles. The van der Waals surface area contributed by atoms with Gasteiger partial charge in [-0.15, -0.1) is 0 Å². The maximum Gasteiger partial charge on any atom is 0.145 e. The predicted octanol–water partition coefficient (Wildman–Crippen LogP) is 3.88. The minimum absolute atomic E-state index is 0.139. The molecule has 0 saturated carbocycles. The highest BCUT2D eigenvalue weighted by Crippen LogP contribution is 2.43. The topological polar surface area (TPSA) is 47.6 Å². The summed E-state index contributed by atoms with van der Waals surface area (Å²) in [6, 6.07) is 5.75. The van der Waals surface area contributed by atoms with Gasteiger partial charge in [-0.1, -0.05) is 25.1 Å². The van der Waals surface area contributed by atoms with Crippen molar-refractivity contribution < 1.29 is 14.0 Å². The summed E-state index contributed by atoms with van der Waals surface area (Å²) in [6.45, 7) is 6.45. The van der Waals surface area contributed by atoms with Crippen LogP contribution < -0.4 is 14.6 Å². The summed E-state index contributed by atoms with van der Waals surface area (Å²) in [5, 5.41) is 3.12. The summed E-state index contributed by atoms with van der Waals surface area (Å²) >= 11 is 0. The van der Waals surface area contributed by atoms with Crippen LogP contribution in [-0.2, 0) is 4.57 Å². The quantitative estimate of drug-likeness (QED) is 0.584. The van der Waals surface area contributed by atoms with Gasteiger partial charge in [-0.3, -0.25) is 5.09 Å². The van der Waals surface area contributed by atoms with E-state index in [1.54, 1.807) is 20.9 Å². The fourth-order valence-electron chi connectivity index (χ4n) is 2.27. The van der Waals surface area contributed by atoms with Crippen LogP contribution in [0.5, 0.6) is 11.5 Å². The lowest BCUT2D eigenvalue weighted by molar-refractivity contribution is 0.389. The number of hydrogen-bond acceptors (Lipinski definition) is 3. The van der Waals surface area contributed by atoms with E-state index in [1.807, 2.05) is 37.3 Å². The van der Waals surface area contributed by atoms with Gasteiger partial charge in [0.25, 0.3) is 0 Å². The van der Waals surface area contributed by atoms with Gasteiger partial charge in [0.15, 0.2) is 0 Å². The molecular weight excluding hydrogens is 285 g/mol. The molecule has 0 radical (unpaired) electrons. The van der Waals surface area contributed by atoms with Crippen molar-refractivity contribution in [3.05, 3.63) is 35.9 Å². The Morgan fingerprint density at radius 3 is 2.62 bits per heavy atom. The number of benzene rings is 1. The van der Waals surface area contributed by atoms with Crippen LogP contribution in [-0.4, -0.2) is 33.6 Å². The van der Waals surface area contributed by atoms with Crippen LogP contribution in [0.2, 0.25) is 0 Å². The Balaban J connectivity index is 2.83. The van der Waals surface area contributed by atoms with Crippen LogP contribution in [0.3, 0.4) is 0 Å². The molecule has 1 aromatic rings. The van der Waals surface area contributed by atoms with Crippen molar-refractivity contribution in [3.63, 3.8) is 0 Å². The standard InChI is InChI=1S/C16H26NO3P/c1-6-7-10-17-21(5,18)12-13(2)15-9-8-14(19-3)11-16(15)20-4/h6-9,11,13H,10,12H2,1-5H3,(H,17,18)/b7-6-. The van der Waals surface area contributed by atoms with Crippen molar-refractivity contribution in [1.29, 1.82) is 0 Å². The normalized spacial score (nSPS) is 15.7. The van der Waals surface area contributed by atoms with Crippen molar-refractivity contribution >= 4 is 7.29 Å². The number of nitrogens with one attached hydrogen (secondary N) is 1. The van der Waals surface area contributed by atoms with Crippen molar-refractivity contribution in [2.75, 3.05) is 33.6 Å². The molecule has 5 heteroatoms. The summed E-state index contributed by atoms with van der Waals surface area (Å²) in [4.78, 5) is 0. The molecule has 4 nitrogen and oxygen atoms in total. The highest BCUT2D eigenvalue weighted by Gasteiger charge is 2.21. The first kappa shape index (κ1) is 17.8. The molecule has 0 spiro atoms. The smallest absolute Gasteiger partial charge is 0.145 e. The van der Waals surface area contributed by atoms with Crippen molar-refractivity contribution in [2.24, 2.45) is 0 Å². The van der Waals surface area contributed by atoms with E-state index in [9.17, 15) is 4.57 Å². The summed E-state index contributed by atoms with van der Waals surface area (Å²) in [5.41, 5.74) is 1.05. The SMILES string of the molecule is C/C=C\CNP(C)(=O)CC(C)c1ccc(OC)cc1OC. The molecule has 0 aromatic heterocycles. The monoisotopic (exact) mass is 311 g/mol. The van der Waals surface area contributed by atoms with Crippen molar-refractivity contribution in [2.45, 2.75) is 19.8 Å². The molecule has 0 bridgehead atoms. The molecule has 1 rings (SSSR count). The van der Waals surface area contributed by atoms with E-state index in [1.165, 1.54) is 0 Å². The fourth-order valence-corrected chi connectivity index (χ4v) is 4.14. The van der Waals surface area contributed by atoms with E-state index in [0.29, 0.717) is 12.7 Å². The molecule has 2 unspecified atom stereocenters. The molecule has 1 N–H and O–H groups in total. The molecule has 0 aliphatic rings. The zero-order valence-electron chi connectivity index (χ0n) is 13.6. The number of rotatable bonds is 8. The Kier molecular flexibility index (Phi) is 7.00. The van der Waals surface area contributed by atoms with E-state index < -0.39 is 7.29 Å². The van der Waals surface area contributed by atoms with Crippen LogP contribution in [0.4, 0.5) is 0 Å². The van der Waals surface area contributed by atoms with Gasteiger partial charge in [-0.05, 0) is 24.5 Å². The number of ether oxygens (including phenoxy) is 2. The lowest BCUT2D eigenvalue weighted by Crippen LogP contribution is -2.15. The van der Waals surface area contributed by atoms with Crippen LogP contribution in [0, 0.1) is 0 Å². The maximum atomic E-state index is 12.6. The Morgan fingerprint density at radius 1 is 1.33 bits per heavy atom. The molecule has 0 fully saturated rings. The Morgan fingerprint density at radius 2 is 2.05 bits per heavy atom. The first-order chi connectivity index (χ1) is 9.93. The second-order valence-corrected chi connectivity index (χ2v) is 8.11. The first-order valence-electron chi connectivity index (χ1n) is 7.08. The van der Waals surface area contributed by atoms with Crippen molar-refractivity contribution in [3.8, 4) is 11.5 Å². The van der Waals surface area contributed by atoms with E-state index in [-0.39, 0.29) is 5.92 Å². The van der Waals surface area contributed by atoms with Gasteiger partial charge in [0.2, 0.25) is 0 Å². The molecule has 21 heavy (non-hydrogen) atoms. The van der Waals surface area contributed by atoms with Gasteiger partial charge >= 0.3 is 0 Å². The van der Waals surface area contributed by atoms with E-state index in [4.69, 9.17) is 9.47 Å². The average Bonchev–Trinajstić information content (AvgIpc) is 2.46. The number of hydrogen-bond donors (Lipinski definition) is 1. The first-order valence-corrected chi connectivity index (χ1v) is 9.42. The molecule has 0 amide bonds. The van der Waals surface area contributed by atoms with Gasteiger partial charge in [-0.25, -0.2) is 0 Å². The summed E-state index contributed by atoms with van der Waals surface area (Å²) in [5.74, 6) is 1.67. The van der Waals surface area contributed by atoms with Gasteiger partial charge in [0.05, 0.1) is 14.2 Å². The highest BCUT2D eigenvalue weighted by atomic mass is 31.2. The Labute approximate surface area is 128 Å². The Bertz CT molecular complexity index is 528. The summed E-state index contributed by atoms with van der Waals surface area (Å²) in [7, 11) is 0.887. The second kappa shape index (κ2) is 8.26. The minimum Gasteiger partial charge on any atom is -0.497 e. The average molecular weight is 311 g/mol. The van der Waals surface area contributed by atoms with Gasteiger partial charge < -0.3 is 14.0 Å². The fraction of sp³-hybridized carbons (Fsp3) is 0.500. The zero-order chi connectivity index (χ0) is 15.9. The molecular formula is C16H26NO3P. The second-order valence-electron chi connectivity index (χ2n) is 5.22. The van der Waals surface area contributed by atoms with Gasteiger partial charge in [-0.2, -0.15) is 0 Å². The lowest BCUT2D eigenvalue weighted by Gasteiger charge is -2.21. The van der Waals surface area contributed by atoms with Crippen molar-refractivity contribution in [1.82, 2.24) is 5.09 Å². The van der Waals surface area contributed by atoms with Crippen LogP contribution >= 0.6 is 7.29 Å². The predicted molar refractivity (Wildman–Crippen MR) is 89.2 cm³/mol. The molecule has 1 aromatic carbocycles. The number of methoxy groups -OCH3 is 2. The third kappa shape index (κ3) is 5.56. The van der Waals surface area contributed by atoms with Gasteiger partial charge in [0.1, 0.15) is 18.8 Å². The third-order valence-electron chi connectivity index (χ3n) is 3.37. The van der Waals surface area contributed by atoms with Crippen LogP contribution in [0.15, 0.2) is 30.4 Å². The molecule has 0 saturated heterocycles. The van der Waals surface area contributed by atoms with E-state index in [2.05, 4.69) is 12.0 Å².